The molecule has 8 nitrogen and oxygen atoms in total. The zero-order valence-electron chi connectivity index (χ0n) is 20.4. The normalized spacial score (nSPS) is 10.6. The number of aliphatic carboxylic acids is 1. The number of furan rings is 1. The number of carbonyl (C=O) groups is 3. The molecule has 0 fully saturated rings. The molecule has 8 heteroatoms. The van der Waals surface area contributed by atoms with Gasteiger partial charge < -0.3 is 14.4 Å². The molecule has 0 saturated carbocycles. The fraction of sp³-hybridized carbons (Fsp3) is 0.172. The van der Waals surface area contributed by atoms with Crippen LogP contribution in [0.4, 0.5) is 5.88 Å². The summed E-state index contributed by atoms with van der Waals surface area (Å²) in [5.74, 6) is -1.16. The smallest absolute Gasteiger partial charge is 0.305 e. The van der Waals surface area contributed by atoms with E-state index in [-0.39, 0.29) is 24.8 Å². The van der Waals surface area contributed by atoms with Gasteiger partial charge in [-0.3, -0.25) is 24.3 Å². The van der Waals surface area contributed by atoms with Crippen molar-refractivity contribution in [3.63, 3.8) is 0 Å². The minimum atomic E-state index is -0.980. The van der Waals surface area contributed by atoms with Crippen LogP contribution in [0.5, 0.6) is 0 Å². The van der Waals surface area contributed by atoms with Crippen molar-refractivity contribution < 1.29 is 23.9 Å². The number of anilines is 1. The first-order chi connectivity index (χ1) is 18.0. The van der Waals surface area contributed by atoms with Crippen LogP contribution in [-0.2, 0) is 11.2 Å². The van der Waals surface area contributed by atoms with E-state index in [2.05, 4.69) is 4.98 Å². The van der Waals surface area contributed by atoms with E-state index in [4.69, 9.17) is 4.42 Å². The van der Waals surface area contributed by atoms with Gasteiger partial charge in [0, 0.05) is 49.7 Å². The first-order valence-electron chi connectivity index (χ1n) is 11.9. The van der Waals surface area contributed by atoms with E-state index in [0.717, 1.165) is 5.56 Å². The second-order valence-electron chi connectivity index (χ2n) is 8.45. The molecule has 4 aromatic rings. The van der Waals surface area contributed by atoms with Gasteiger partial charge in [0.05, 0.1) is 12.7 Å². The van der Waals surface area contributed by atoms with Gasteiger partial charge in [0.25, 0.3) is 11.8 Å². The third kappa shape index (κ3) is 6.10. The molecule has 0 spiro atoms. The number of amides is 2. The highest BCUT2D eigenvalue weighted by molar-refractivity contribution is 6.11. The molecule has 188 valence electrons. The average molecular weight is 498 g/mol. The minimum absolute atomic E-state index is 0.0649. The number of rotatable bonds is 10. The molecule has 1 N–H and O–H groups in total. The first-order valence-corrected chi connectivity index (χ1v) is 11.9. The number of nitrogens with zero attached hydrogens (tertiary/aromatic N) is 3. The summed E-state index contributed by atoms with van der Waals surface area (Å²) in [7, 11) is 1.63. The van der Waals surface area contributed by atoms with E-state index in [1.54, 1.807) is 72.9 Å². The monoisotopic (exact) mass is 497 g/mol. The Bertz CT molecular complexity index is 1370. The number of carbonyl (C=O) groups excluding carboxylic acids is 2. The Morgan fingerprint density at radius 2 is 1.43 bits per heavy atom. The Morgan fingerprint density at radius 3 is 2.03 bits per heavy atom. The van der Waals surface area contributed by atoms with E-state index in [9.17, 15) is 19.5 Å². The standard InChI is InChI=1S/C29H27N3O5/c1-31(26-11-6-20-37-26)28(35)24-9-4-2-7-22(24)23-8-3-5-10-25(23)29(36)32(19-15-27(33)34)18-14-21-12-16-30-17-13-21/h2-13,16-17,20H,14-15,18-19H2,1H3,(H,33,34). The predicted octanol–water partition coefficient (Wildman–Crippen LogP) is 4.78. The van der Waals surface area contributed by atoms with Crippen molar-refractivity contribution in [3.05, 3.63) is 108 Å². The lowest BCUT2D eigenvalue weighted by molar-refractivity contribution is -0.137. The van der Waals surface area contributed by atoms with Crippen molar-refractivity contribution in [1.82, 2.24) is 9.88 Å². The number of hydrogen-bond donors (Lipinski definition) is 1. The molecule has 0 atom stereocenters. The van der Waals surface area contributed by atoms with Crippen LogP contribution >= 0.6 is 0 Å². The number of hydrogen-bond acceptors (Lipinski definition) is 5. The molecule has 2 amide bonds. The molecular formula is C29H27N3O5. The van der Waals surface area contributed by atoms with Crippen molar-refractivity contribution in [1.29, 1.82) is 0 Å². The number of carboxylic acids is 1. The molecule has 0 aliphatic rings. The van der Waals surface area contributed by atoms with E-state index < -0.39 is 5.97 Å². The van der Waals surface area contributed by atoms with Crippen LogP contribution in [0.1, 0.15) is 32.7 Å². The van der Waals surface area contributed by atoms with Crippen LogP contribution in [0.15, 0.2) is 95.9 Å². The van der Waals surface area contributed by atoms with Crippen molar-refractivity contribution >= 4 is 23.7 Å². The van der Waals surface area contributed by atoms with Crippen LogP contribution in [-0.4, -0.2) is 52.9 Å². The molecule has 0 saturated heterocycles. The van der Waals surface area contributed by atoms with Gasteiger partial charge >= 0.3 is 5.97 Å². The molecule has 2 aromatic heterocycles. The van der Waals surface area contributed by atoms with Crippen molar-refractivity contribution in [3.8, 4) is 11.1 Å². The van der Waals surface area contributed by atoms with Crippen molar-refractivity contribution in [2.45, 2.75) is 12.8 Å². The quantitative estimate of drug-likeness (QED) is 0.338. The largest absolute Gasteiger partial charge is 0.481 e. The van der Waals surface area contributed by atoms with Gasteiger partial charge in [0.15, 0.2) is 0 Å². The number of pyridine rings is 1. The SMILES string of the molecule is CN(C(=O)c1ccccc1-c1ccccc1C(=O)N(CCC(=O)O)CCc1ccncc1)c1ccco1. The zero-order chi connectivity index (χ0) is 26.2. The Hall–Kier alpha value is -4.72. The summed E-state index contributed by atoms with van der Waals surface area (Å²) in [5.41, 5.74) is 2.99. The average Bonchev–Trinajstić information content (AvgIpc) is 3.47. The Kier molecular flexibility index (Phi) is 8.10. The molecular weight excluding hydrogens is 470 g/mol. The maximum atomic E-state index is 13.8. The summed E-state index contributed by atoms with van der Waals surface area (Å²) in [6.07, 6.45) is 5.24. The number of aromatic nitrogens is 1. The van der Waals surface area contributed by atoms with Gasteiger partial charge in [-0.1, -0.05) is 36.4 Å². The summed E-state index contributed by atoms with van der Waals surface area (Å²) in [5, 5.41) is 9.26. The predicted molar refractivity (Wildman–Crippen MR) is 139 cm³/mol. The number of carboxylic acid groups (broad SMARTS) is 1. The van der Waals surface area contributed by atoms with Crippen molar-refractivity contribution in [2.24, 2.45) is 0 Å². The third-order valence-electron chi connectivity index (χ3n) is 6.05. The van der Waals surface area contributed by atoms with Crippen LogP contribution in [0.2, 0.25) is 0 Å². The lowest BCUT2D eigenvalue weighted by Gasteiger charge is -2.24. The van der Waals surface area contributed by atoms with Gasteiger partial charge in [-0.05, 0) is 53.4 Å². The molecule has 4 rings (SSSR count). The molecule has 0 radical (unpaired) electrons. The highest BCUT2D eigenvalue weighted by atomic mass is 16.4. The zero-order valence-corrected chi connectivity index (χ0v) is 20.4. The highest BCUT2D eigenvalue weighted by Crippen LogP contribution is 2.30. The van der Waals surface area contributed by atoms with Crippen LogP contribution in [0.25, 0.3) is 11.1 Å². The van der Waals surface area contributed by atoms with E-state index in [1.165, 1.54) is 11.2 Å². The van der Waals surface area contributed by atoms with Gasteiger partial charge in [0.1, 0.15) is 0 Å². The van der Waals surface area contributed by atoms with E-state index in [0.29, 0.717) is 41.1 Å². The lowest BCUT2D eigenvalue weighted by atomic mass is 9.94. The number of benzene rings is 2. The second-order valence-corrected chi connectivity index (χ2v) is 8.45. The third-order valence-corrected chi connectivity index (χ3v) is 6.05. The van der Waals surface area contributed by atoms with Crippen LogP contribution < -0.4 is 4.90 Å². The summed E-state index contributed by atoms with van der Waals surface area (Å²) in [6.45, 7) is 0.404. The summed E-state index contributed by atoms with van der Waals surface area (Å²) in [6, 6.07) is 21.3. The van der Waals surface area contributed by atoms with Gasteiger partial charge in [-0.25, -0.2) is 0 Å². The molecule has 0 bridgehead atoms. The molecule has 0 aliphatic carbocycles. The minimum Gasteiger partial charge on any atom is -0.481 e. The fourth-order valence-electron chi connectivity index (χ4n) is 4.08. The topological polar surface area (TPSA) is 104 Å². The Balaban J connectivity index is 1.67. The van der Waals surface area contributed by atoms with Crippen molar-refractivity contribution in [2.75, 3.05) is 25.0 Å². The summed E-state index contributed by atoms with van der Waals surface area (Å²) in [4.78, 5) is 45.5. The lowest BCUT2D eigenvalue weighted by Crippen LogP contribution is -2.35. The molecule has 2 aromatic carbocycles. The highest BCUT2D eigenvalue weighted by Gasteiger charge is 2.24. The molecule has 0 aliphatic heterocycles. The van der Waals surface area contributed by atoms with E-state index >= 15 is 0 Å². The van der Waals surface area contributed by atoms with Gasteiger partial charge in [0.2, 0.25) is 5.88 Å². The fourth-order valence-corrected chi connectivity index (χ4v) is 4.08. The Labute approximate surface area is 214 Å². The summed E-state index contributed by atoms with van der Waals surface area (Å²) >= 11 is 0. The maximum Gasteiger partial charge on any atom is 0.305 e. The summed E-state index contributed by atoms with van der Waals surface area (Å²) < 4.78 is 5.38. The van der Waals surface area contributed by atoms with E-state index in [1.807, 2.05) is 24.3 Å². The van der Waals surface area contributed by atoms with Gasteiger partial charge in [-0.2, -0.15) is 0 Å². The maximum absolute atomic E-state index is 13.8. The molecule has 0 unspecified atom stereocenters. The molecule has 37 heavy (non-hydrogen) atoms. The second kappa shape index (κ2) is 11.8. The molecule has 2 heterocycles. The Morgan fingerprint density at radius 1 is 0.811 bits per heavy atom. The van der Waals surface area contributed by atoms with Gasteiger partial charge in [-0.15, -0.1) is 0 Å². The first kappa shape index (κ1) is 25.4. The van der Waals surface area contributed by atoms with Crippen LogP contribution in [0, 0.1) is 0 Å². The van der Waals surface area contributed by atoms with Crippen LogP contribution in [0.3, 0.4) is 0 Å².